The maximum absolute atomic E-state index is 5.98. The molecule has 4 nitrogen and oxygen atoms in total. The zero-order chi connectivity index (χ0) is 14.7. The van der Waals surface area contributed by atoms with E-state index in [0.717, 1.165) is 11.4 Å². The van der Waals surface area contributed by atoms with Crippen LogP contribution in [0.25, 0.3) is 0 Å². The molecule has 1 N–H and O–H groups in total. The molecule has 2 rings (SSSR count). The second-order valence-electron chi connectivity index (χ2n) is 5.22. The molecule has 0 spiro atoms. The number of anilines is 1. The minimum absolute atomic E-state index is 0.400. The van der Waals surface area contributed by atoms with E-state index >= 15 is 0 Å². The monoisotopic (exact) mass is 271 g/mol. The summed E-state index contributed by atoms with van der Waals surface area (Å²) in [7, 11) is 1.80. The molecule has 0 aliphatic heterocycles. The van der Waals surface area contributed by atoms with Crippen molar-refractivity contribution in [3.63, 3.8) is 0 Å². The van der Waals surface area contributed by atoms with Crippen LogP contribution in [0, 0.1) is 13.8 Å². The summed E-state index contributed by atoms with van der Waals surface area (Å²) < 4.78 is 5.98. The van der Waals surface area contributed by atoms with Crippen molar-refractivity contribution in [3.05, 3.63) is 41.1 Å². The maximum atomic E-state index is 5.98. The Hall–Kier alpha value is -2.10. The van der Waals surface area contributed by atoms with Gasteiger partial charge in [-0.15, -0.1) is 0 Å². The van der Waals surface area contributed by atoms with Gasteiger partial charge in [-0.05, 0) is 37.0 Å². The van der Waals surface area contributed by atoms with Gasteiger partial charge < -0.3 is 10.1 Å². The van der Waals surface area contributed by atoms with E-state index in [1.165, 1.54) is 11.1 Å². The molecule has 0 atom stereocenters. The fourth-order valence-electron chi connectivity index (χ4n) is 2.02. The number of hydrogen-bond donors (Lipinski definition) is 1. The third-order valence-electron chi connectivity index (χ3n) is 3.06. The number of aryl methyl sites for hydroxylation is 2. The van der Waals surface area contributed by atoms with Crippen molar-refractivity contribution in [2.24, 2.45) is 0 Å². The lowest BCUT2D eigenvalue weighted by atomic mass is 10.0. The number of aromatic nitrogens is 2. The van der Waals surface area contributed by atoms with Gasteiger partial charge in [-0.3, -0.25) is 0 Å². The third-order valence-corrected chi connectivity index (χ3v) is 3.06. The van der Waals surface area contributed by atoms with E-state index in [9.17, 15) is 0 Å². The fraction of sp³-hybridized carbons (Fsp3) is 0.375. The van der Waals surface area contributed by atoms with Crippen molar-refractivity contribution < 1.29 is 4.74 Å². The molecule has 106 valence electrons. The second-order valence-corrected chi connectivity index (χ2v) is 5.22. The average molecular weight is 271 g/mol. The Bertz CT molecular complexity index is 609. The summed E-state index contributed by atoms with van der Waals surface area (Å²) >= 11 is 0. The predicted molar refractivity (Wildman–Crippen MR) is 81.7 cm³/mol. The molecule has 1 aromatic carbocycles. The molecule has 0 fully saturated rings. The van der Waals surface area contributed by atoms with Crippen LogP contribution in [0.3, 0.4) is 0 Å². The van der Waals surface area contributed by atoms with Crippen LogP contribution in [-0.2, 0) is 0 Å². The zero-order valence-electron chi connectivity index (χ0n) is 12.7. The van der Waals surface area contributed by atoms with Crippen molar-refractivity contribution in [3.8, 4) is 11.6 Å². The standard InChI is InChI=1S/C16H21N3O/c1-10(2)13-7-6-11(3)8-14(13)20-15-9-12(4)18-16(17-5)19-15/h6-10H,1-5H3,(H,17,18,19). The van der Waals surface area contributed by atoms with Gasteiger partial charge in [0.15, 0.2) is 0 Å². The Morgan fingerprint density at radius 3 is 2.50 bits per heavy atom. The lowest BCUT2D eigenvalue weighted by Gasteiger charge is -2.14. The van der Waals surface area contributed by atoms with Gasteiger partial charge in [-0.1, -0.05) is 26.0 Å². The largest absolute Gasteiger partial charge is 0.439 e. The molecule has 0 bridgehead atoms. The van der Waals surface area contributed by atoms with E-state index in [1.54, 1.807) is 7.05 Å². The van der Waals surface area contributed by atoms with Crippen molar-refractivity contribution in [2.45, 2.75) is 33.6 Å². The minimum Gasteiger partial charge on any atom is -0.439 e. The fourth-order valence-corrected chi connectivity index (χ4v) is 2.02. The summed E-state index contributed by atoms with van der Waals surface area (Å²) in [6, 6.07) is 8.11. The van der Waals surface area contributed by atoms with Gasteiger partial charge in [0.2, 0.25) is 11.8 Å². The molecular weight excluding hydrogens is 250 g/mol. The Morgan fingerprint density at radius 1 is 1.10 bits per heavy atom. The molecule has 0 saturated heterocycles. The Kier molecular flexibility index (Phi) is 4.23. The van der Waals surface area contributed by atoms with Crippen molar-refractivity contribution in [1.82, 2.24) is 9.97 Å². The zero-order valence-corrected chi connectivity index (χ0v) is 12.7. The van der Waals surface area contributed by atoms with Gasteiger partial charge in [-0.2, -0.15) is 4.98 Å². The maximum Gasteiger partial charge on any atom is 0.225 e. The van der Waals surface area contributed by atoms with Crippen LogP contribution >= 0.6 is 0 Å². The van der Waals surface area contributed by atoms with Gasteiger partial charge in [0, 0.05) is 18.8 Å². The average Bonchev–Trinajstić information content (AvgIpc) is 2.37. The first-order chi connectivity index (χ1) is 9.49. The van der Waals surface area contributed by atoms with E-state index < -0.39 is 0 Å². The highest BCUT2D eigenvalue weighted by atomic mass is 16.5. The second kappa shape index (κ2) is 5.90. The Morgan fingerprint density at radius 2 is 1.85 bits per heavy atom. The number of nitrogens with zero attached hydrogens (tertiary/aromatic N) is 2. The van der Waals surface area contributed by atoms with E-state index in [4.69, 9.17) is 4.74 Å². The molecule has 0 unspecified atom stereocenters. The van der Waals surface area contributed by atoms with Gasteiger partial charge in [-0.25, -0.2) is 4.98 Å². The highest BCUT2D eigenvalue weighted by Crippen LogP contribution is 2.31. The SMILES string of the molecule is CNc1nc(C)cc(Oc2cc(C)ccc2C(C)C)n1. The van der Waals surface area contributed by atoms with E-state index in [1.807, 2.05) is 19.1 Å². The lowest BCUT2D eigenvalue weighted by molar-refractivity contribution is 0.453. The number of hydrogen-bond acceptors (Lipinski definition) is 4. The van der Waals surface area contributed by atoms with Crippen molar-refractivity contribution in [1.29, 1.82) is 0 Å². The van der Waals surface area contributed by atoms with Crippen molar-refractivity contribution >= 4 is 5.95 Å². The van der Waals surface area contributed by atoms with Gasteiger partial charge in [0.25, 0.3) is 0 Å². The summed E-state index contributed by atoms with van der Waals surface area (Å²) in [5.41, 5.74) is 3.22. The molecule has 4 heteroatoms. The predicted octanol–water partition coefficient (Wildman–Crippen LogP) is 4.05. The van der Waals surface area contributed by atoms with Crippen LogP contribution < -0.4 is 10.1 Å². The van der Waals surface area contributed by atoms with Gasteiger partial charge in [0.1, 0.15) is 5.75 Å². The van der Waals surface area contributed by atoms with E-state index in [-0.39, 0.29) is 0 Å². The molecule has 20 heavy (non-hydrogen) atoms. The smallest absolute Gasteiger partial charge is 0.225 e. The Balaban J connectivity index is 2.38. The first-order valence-corrected chi connectivity index (χ1v) is 6.81. The van der Waals surface area contributed by atoms with Crippen LogP contribution in [0.2, 0.25) is 0 Å². The third kappa shape index (κ3) is 3.26. The summed E-state index contributed by atoms with van der Waals surface area (Å²) in [5.74, 6) is 2.39. The van der Waals surface area contributed by atoms with Gasteiger partial charge >= 0.3 is 0 Å². The summed E-state index contributed by atoms with van der Waals surface area (Å²) in [6.45, 7) is 8.29. The Labute approximate surface area is 120 Å². The first kappa shape index (κ1) is 14.3. The van der Waals surface area contributed by atoms with Crippen molar-refractivity contribution in [2.75, 3.05) is 12.4 Å². The molecule has 0 saturated carbocycles. The number of ether oxygens (including phenoxy) is 1. The van der Waals surface area contributed by atoms with Crippen LogP contribution in [0.4, 0.5) is 5.95 Å². The molecule has 0 aliphatic carbocycles. The normalized spacial score (nSPS) is 10.7. The van der Waals surface area contributed by atoms with E-state index in [2.05, 4.69) is 48.2 Å². The molecule has 1 heterocycles. The molecule has 0 amide bonds. The lowest BCUT2D eigenvalue weighted by Crippen LogP contribution is -2.01. The highest BCUT2D eigenvalue weighted by molar-refractivity contribution is 5.42. The number of benzene rings is 1. The van der Waals surface area contributed by atoms with E-state index in [0.29, 0.717) is 17.7 Å². The quantitative estimate of drug-likeness (QED) is 0.911. The number of nitrogens with one attached hydrogen (secondary N) is 1. The van der Waals surface area contributed by atoms with Gasteiger partial charge in [0.05, 0.1) is 0 Å². The molecular formula is C16H21N3O. The summed E-state index contributed by atoms with van der Waals surface area (Å²) in [6.07, 6.45) is 0. The molecule has 0 aliphatic rings. The van der Waals surface area contributed by atoms with Crippen LogP contribution in [0.5, 0.6) is 11.6 Å². The summed E-state index contributed by atoms with van der Waals surface area (Å²) in [4.78, 5) is 8.60. The van der Waals surface area contributed by atoms with Crippen LogP contribution in [0.1, 0.15) is 36.6 Å². The number of rotatable bonds is 4. The molecule has 2 aromatic rings. The summed E-state index contributed by atoms with van der Waals surface area (Å²) in [5, 5.41) is 2.94. The van der Waals surface area contributed by atoms with Crippen LogP contribution in [-0.4, -0.2) is 17.0 Å². The molecule has 0 radical (unpaired) electrons. The molecule has 1 aromatic heterocycles. The topological polar surface area (TPSA) is 47.0 Å². The highest BCUT2D eigenvalue weighted by Gasteiger charge is 2.11. The minimum atomic E-state index is 0.400. The van der Waals surface area contributed by atoms with Crippen LogP contribution in [0.15, 0.2) is 24.3 Å². The first-order valence-electron chi connectivity index (χ1n) is 6.81.